The molecule has 0 amide bonds. The van der Waals surface area contributed by atoms with E-state index < -0.39 is 0 Å². The average molecular weight is 212 g/mol. The summed E-state index contributed by atoms with van der Waals surface area (Å²) in [5.41, 5.74) is 3.75. The molecule has 82 valence electrons. The average Bonchev–Trinajstić information content (AvgIpc) is 2.31. The Kier molecular flexibility index (Phi) is 3.20. The highest BCUT2D eigenvalue weighted by atomic mass is 14.9. The van der Waals surface area contributed by atoms with Gasteiger partial charge in [0.25, 0.3) is 0 Å². The van der Waals surface area contributed by atoms with E-state index in [1.54, 1.807) is 12.4 Å². The first kappa shape index (κ1) is 10.7. The number of hydrogen-bond donors (Lipinski definition) is 1. The summed E-state index contributed by atoms with van der Waals surface area (Å²) >= 11 is 0. The molecule has 0 radical (unpaired) electrons. The van der Waals surface area contributed by atoms with Gasteiger partial charge in [-0.25, -0.2) is 0 Å². The summed E-state index contributed by atoms with van der Waals surface area (Å²) in [6.07, 6.45) is 3.60. The van der Waals surface area contributed by atoms with Gasteiger partial charge in [-0.05, 0) is 37.1 Å². The predicted molar refractivity (Wildman–Crippen MR) is 67.5 cm³/mol. The van der Waals surface area contributed by atoms with Crippen LogP contribution in [-0.2, 0) is 0 Å². The molecule has 1 heterocycles. The van der Waals surface area contributed by atoms with E-state index in [4.69, 9.17) is 0 Å². The third kappa shape index (κ3) is 2.40. The molecule has 1 aromatic heterocycles. The van der Waals surface area contributed by atoms with Crippen LogP contribution in [0.4, 0.5) is 5.69 Å². The maximum absolute atomic E-state index is 4.00. The van der Waals surface area contributed by atoms with Crippen molar-refractivity contribution >= 4 is 5.69 Å². The Hall–Kier alpha value is -1.83. The van der Waals surface area contributed by atoms with Crippen molar-refractivity contribution in [3.05, 3.63) is 59.9 Å². The molecule has 0 aliphatic heterocycles. The van der Waals surface area contributed by atoms with Crippen LogP contribution in [0.15, 0.2) is 48.8 Å². The van der Waals surface area contributed by atoms with Gasteiger partial charge in [0.1, 0.15) is 0 Å². The third-order valence-corrected chi connectivity index (χ3v) is 2.72. The number of pyridine rings is 1. The molecule has 2 rings (SSSR count). The topological polar surface area (TPSA) is 24.9 Å². The predicted octanol–water partition coefficient (Wildman–Crippen LogP) is 3.56. The normalized spacial score (nSPS) is 12.1. The van der Waals surface area contributed by atoms with E-state index in [0.29, 0.717) is 6.04 Å². The number of rotatable bonds is 3. The SMILES string of the molecule is Cc1ccccc1C(C)Nc1ccncc1. The van der Waals surface area contributed by atoms with Crippen LogP contribution in [0, 0.1) is 6.92 Å². The number of hydrogen-bond acceptors (Lipinski definition) is 2. The molecule has 1 unspecified atom stereocenters. The van der Waals surface area contributed by atoms with E-state index in [1.807, 2.05) is 12.1 Å². The largest absolute Gasteiger partial charge is 0.378 e. The molecular formula is C14H16N2. The Morgan fingerprint density at radius 3 is 2.44 bits per heavy atom. The van der Waals surface area contributed by atoms with Crippen molar-refractivity contribution in [2.24, 2.45) is 0 Å². The van der Waals surface area contributed by atoms with Crippen LogP contribution in [-0.4, -0.2) is 4.98 Å². The molecule has 0 aliphatic rings. The van der Waals surface area contributed by atoms with Crippen LogP contribution < -0.4 is 5.32 Å². The number of anilines is 1. The summed E-state index contributed by atoms with van der Waals surface area (Å²) in [6, 6.07) is 12.7. The summed E-state index contributed by atoms with van der Waals surface area (Å²) in [5.74, 6) is 0. The number of nitrogens with one attached hydrogen (secondary N) is 1. The van der Waals surface area contributed by atoms with Crippen molar-refractivity contribution in [3.63, 3.8) is 0 Å². The van der Waals surface area contributed by atoms with E-state index >= 15 is 0 Å². The molecule has 0 bridgehead atoms. The van der Waals surface area contributed by atoms with Crippen LogP contribution >= 0.6 is 0 Å². The molecule has 0 fully saturated rings. The first-order valence-electron chi connectivity index (χ1n) is 5.49. The second kappa shape index (κ2) is 4.79. The second-order valence-electron chi connectivity index (χ2n) is 3.96. The molecule has 2 heteroatoms. The second-order valence-corrected chi connectivity index (χ2v) is 3.96. The molecular weight excluding hydrogens is 196 g/mol. The van der Waals surface area contributed by atoms with Gasteiger partial charge < -0.3 is 5.32 Å². The van der Waals surface area contributed by atoms with Crippen LogP contribution in [0.25, 0.3) is 0 Å². The molecule has 1 atom stereocenters. The summed E-state index contributed by atoms with van der Waals surface area (Å²) in [6.45, 7) is 4.31. The van der Waals surface area contributed by atoms with E-state index in [-0.39, 0.29) is 0 Å². The Morgan fingerprint density at radius 2 is 1.75 bits per heavy atom. The molecule has 0 saturated heterocycles. The van der Waals surface area contributed by atoms with Gasteiger partial charge in [-0.3, -0.25) is 4.98 Å². The monoisotopic (exact) mass is 212 g/mol. The minimum atomic E-state index is 0.309. The van der Waals surface area contributed by atoms with Crippen LogP contribution in [0.2, 0.25) is 0 Å². The van der Waals surface area contributed by atoms with E-state index in [0.717, 1.165) is 5.69 Å². The zero-order chi connectivity index (χ0) is 11.4. The fraction of sp³-hybridized carbons (Fsp3) is 0.214. The summed E-state index contributed by atoms with van der Waals surface area (Å²) in [4.78, 5) is 4.00. The Labute approximate surface area is 96.4 Å². The van der Waals surface area contributed by atoms with Crippen molar-refractivity contribution in [1.29, 1.82) is 0 Å². The molecule has 0 spiro atoms. The number of nitrogens with zero attached hydrogens (tertiary/aromatic N) is 1. The van der Waals surface area contributed by atoms with E-state index in [2.05, 4.69) is 48.4 Å². The summed E-state index contributed by atoms with van der Waals surface area (Å²) < 4.78 is 0. The van der Waals surface area contributed by atoms with Crippen molar-refractivity contribution in [1.82, 2.24) is 4.98 Å². The lowest BCUT2D eigenvalue weighted by molar-refractivity contribution is 0.873. The highest BCUT2D eigenvalue weighted by Crippen LogP contribution is 2.21. The molecule has 1 aromatic carbocycles. The highest BCUT2D eigenvalue weighted by molar-refractivity contribution is 5.44. The van der Waals surface area contributed by atoms with Gasteiger partial charge in [-0.2, -0.15) is 0 Å². The van der Waals surface area contributed by atoms with Gasteiger partial charge in [0.05, 0.1) is 0 Å². The third-order valence-electron chi connectivity index (χ3n) is 2.72. The van der Waals surface area contributed by atoms with Crippen molar-refractivity contribution < 1.29 is 0 Å². The van der Waals surface area contributed by atoms with E-state index in [1.165, 1.54) is 11.1 Å². The molecule has 0 aliphatic carbocycles. The van der Waals surface area contributed by atoms with Crippen LogP contribution in [0.1, 0.15) is 24.1 Å². The molecule has 16 heavy (non-hydrogen) atoms. The Balaban J connectivity index is 2.15. The lowest BCUT2D eigenvalue weighted by atomic mass is 10.0. The lowest BCUT2D eigenvalue weighted by Gasteiger charge is -2.17. The van der Waals surface area contributed by atoms with Gasteiger partial charge in [0.2, 0.25) is 0 Å². The molecule has 2 nitrogen and oxygen atoms in total. The van der Waals surface area contributed by atoms with Gasteiger partial charge >= 0.3 is 0 Å². The lowest BCUT2D eigenvalue weighted by Crippen LogP contribution is -2.07. The van der Waals surface area contributed by atoms with Crippen molar-refractivity contribution in [2.45, 2.75) is 19.9 Å². The fourth-order valence-electron chi connectivity index (χ4n) is 1.85. The maximum atomic E-state index is 4.00. The first-order valence-corrected chi connectivity index (χ1v) is 5.49. The summed E-state index contributed by atoms with van der Waals surface area (Å²) in [7, 11) is 0. The summed E-state index contributed by atoms with van der Waals surface area (Å²) in [5, 5.41) is 3.46. The molecule has 2 aromatic rings. The van der Waals surface area contributed by atoms with Gasteiger partial charge in [0.15, 0.2) is 0 Å². The van der Waals surface area contributed by atoms with E-state index in [9.17, 15) is 0 Å². The maximum Gasteiger partial charge on any atom is 0.0488 e. The smallest absolute Gasteiger partial charge is 0.0488 e. The zero-order valence-electron chi connectivity index (χ0n) is 9.64. The Morgan fingerprint density at radius 1 is 1.06 bits per heavy atom. The van der Waals surface area contributed by atoms with Crippen molar-refractivity contribution in [3.8, 4) is 0 Å². The molecule has 1 N–H and O–H groups in total. The van der Waals surface area contributed by atoms with Crippen LogP contribution in [0.3, 0.4) is 0 Å². The minimum absolute atomic E-state index is 0.309. The first-order chi connectivity index (χ1) is 7.77. The number of benzene rings is 1. The quantitative estimate of drug-likeness (QED) is 0.841. The van der Waals surface area contributed by atoms with Gasteiger partial charge in [-0.15, -0.1) is 0 Å². The number of aryl methyl sites for hydroxylation is 1. The van der Waals surface area contributed by atoms with Crippen LogP contribution in [0.5, 0.6) is 0 Å². The van der Waals surface area contributed by atoms with Crippen molar-refractivity contribution in [2.75, 3.05) is 5.32 Å². The van der Waals surface area contributed by atoms with Gasteiger partial charge in [0, 0.05) is 24.1 Å². The highest BCUT2D eigenvalue weighted by Gasteiger charge is 2.06. The Bertz CT molecular complexity index is 451. The number of aromatic nitrogens is 1. The fourth-order valence-corrected chi connectivity index (χ4v) is 1.85. The standard InChI is InChI=1S/C14H16N2/c1-11-5-3-4-6-14(11)12(2)16-13-7-9-15-10-8-13/h3-10,12H,1-2H3,(H,15,16). The van der Waals surface area contributed by atoms with Gasteiger partial charge in [-0.1, -0.05) is 24.3 Å². The minimum Gasteiger partial charge on any atom is -0.378 e. The molecule has 0 saturated carbocycles. The zero-order valence-corrected chi connectivity index (χ0v) is 9.64.